The third-order valence-corrected chi connectivity index (χ3v) is 9.16. The van der Waals surface area contributed by atoms with Crippen molar-refractivity contribution in [3.63, 3.8) is 0 Å². The zero-order chi connectivity index (χ0) is 41.4. The number of carboxylic acids is 1. The summed E-state index contributed by atoms with van der Waals surface area (Å²) < 4.78 is 17.2. The number of quaternary nitrogens is 1. The van der Waals surface area contributed by atoms with Crippen molar-refractivity contribution in [1.29, 1.82) is 0 Å². The van der Waals surface area contributed by atoms with E-state index in [0.717, 1.165) is 70.6 Å². The monoisotopic (exact) mass is 783 g/mol. The predicted octanol–water partition coefficient (Wildman–Crippen LogP) is 11.7. The number of unbranched alkanes of at least 4 members (excludes halogenated alkanes) is 13. The normalized spacial score (nSPS) is 13.8. The summed E-state index contributed by atoms with van der Waals surface area (Å²) in [6, 6.07) is -0.627. The van der Waals surface area contributed by atoms with Gasteiger partial charge >= 0.3 is 17.9 Å². The fraction of sp³-hybridized carbons (Fsp3) is 0.646. The van der Waals surface area contributed by atoms with Crippen molar-refractivity contribution in [1.82, 2.24) is 0 Å². The molecular formula is C48H80NO7+. The van der Waals surface area contributed by atoms with Crippen LogP contribution in [0.25, 0.3) is 0 Å². The molecule has 0 saturated carbocycles. The van der Waals surface area contributed by atoms with Gasteiger partial charge in [0.25, 0.3) is 0 Å². The van der Waals surface area contributed by atoms with E-state index in [2.05, 4.69) is 50.3 Å². The third-order valence-electron chi connectivity index (χ3n) is 9.16. The number of nitrogens with zero attached hydrogens (tertiary/aromatic N) is 1. The van der Waals surface area contributed by atoms with Gasteiger partial charge in [-0.15, -0.1) is 0 Å². The predicted molar refractivity (Wildman–Crippen MR) is 233 cm³/mol. The number of carbonyl (C=O) groups excluding carboxylic acids is 2. The van der Waals surface area contributed by atoms with Crippen LogP contribution in [0, 0.1) is 0 Å². The van der Waals surface area contributed by atoms with Crippen LogP contribution in [0.3, 0.4) is 0 Å². The van der Waals surface area contributed by atoms with E-state index in [-0.39, 0.29) is 36.2 Å². The molecular weight excluding hydrogens is 703 g/mol. The van der Waals surface area contributed by atoms with Crippen molar-refractivity contribution in [2.24, 2.45) is 0 Å². The Labute approximate surface area is 342 Å². The first-order chi connectivity index (χ1) is 27.1. The lowest BCUT2D eigenvalue weighted by molar-refractivity contribution is -0.887. The molecule has 0 fully saturated rings. The average Bonchev–Trinajstić information content (AvgIpc) is 3.15. The number of carbonyl (C=O) groups is 3. The van der Waals surface area contributed by atoms with Gasteiger partial charge < -0.3 is 23.8 Å². The van der Waals surface area contributed by atoms with Gasteiger partial charge in [-0.05, 0) is 64.2 Å². The highest BCUT2D eigenvalue weighted by atomic mass is 16.6. The number of ether oxygens (including phenoxy) is 3. The van der Waals surface area contributed by atoms with Crippen LogP contribution in [0.1, 0.15) is 149 Å². The molecule has 0 aliphatic heterocycles. The van der Waals surface area contributed by atoms with Gasteiger partial charge in [0.1, 0.15) is 6.61 Å². The fourth-order valence-corrected chi connectivity index (χ4v) is 5.79. The van der Waals surface area contributed by atoms with E-state index in [1.165, 1.54) is 44.9 Å². The summed E-state index contributed by atoms with van der Waals surface area (Å²) in [5.41, 5.74) is 0. The van der Waals surface area contributed by atoms with Crippen LogP contribution >= 0.6 is 0 Å². The van der Waals surface area contributed by atoms with Crippen molar-refractivity contribution < 1.29 is 38.2 Å². The number of allylic oxidation sites excluding steroid dienone is 14. The number of hydrogen-bond donors (Lipinski definition) is 1. The molecule has 2 atom stereocenters. The van der Waals surface area contributed by atoms with Crippen molar-refractivity contribution in [3.8, 4) is 0 Å². The Morgan fingerprint density at radius 2 is 1.07 bits per heavy atom. The lowest BCUT2D eigenvalue weighted by Gasteiger charge is -2.31. The van der Waals surface area contributed by atoms with Gasteiger partial charge in [-0.3, -0.25) is 9.59 Å². The minimum atomic E-state index is -0.887. The van der Waals surface area contributed by atoms with Crippen molar-refractivity contribution >= 4 is 17.9 Å². The van der Waals surface area contributed by atoms with Crippen molar-refractivity contribution in [3.05, 3.63) is 85.1 Å². The summed E-state index contributed by atoms with van der Waals surface area (Å²) in [5, 5.41) is 9.61. The van der Waals surface area contributed by atoms with Crippen LogP contribution in [0.2, 0.25) is 0 Å². The van der Waals surface area contributed by atoms with Crippen LogP contribution < -0.4 is 0 Å². The molecule has 8 nitrogen and oxygen atoms in total. The first-order valence-corrected chi connectivity index (χ1v) is 21.7. The lowest BCUT2D eigenvalue weighted by atomic mass is 10.1. The van der Waals surface area contributed by atoms with Crippen LogP contribution in [0.15, 0.2) is 85.1 Å². The molecule has 2 unspecified atom stereocenters. The Hall–Kier alpha value is -3.49. The molecule has 0 aromatic rings. The molecule has 0 saturated heterocycles. The highest BCUT2D eigenvalue weighted by Gasteiger charge is 2.31. The van der Waals surface area contributed by atoms with Gasteiger partial charge in [-0.1, -0.05) is 150 Å². The molecule has 0 bridgehead atoms. The summed E-state index contributed by atoms with van der Waals surface area (Å²) >= 11 is 0. The molecule has 0 aliphatic carbocycles. The van der Waals surface area contributed by atoms with E-state index in [1.54, 1.807) is 0 Å². The number of carboxylic acid groups (broad SMARTS) is 1. The van der Waals surface area contributed by atoms with Crippen LogP contribution in [0.5, 0.6) is 0 Å². The van der Waals surface area contributed by atoms with E-state index < -0.39 is 18.1 Å². The average molecular weight is 783 g/mol. The van der Waals surface area contributed by atoms with Gasteiger partial charge in [0, 0.05) is 19.3 Å². The maximum absolute atomic E-state index is 12.7. The maximum Gasteiger partial charge on any atom is 0.362 e. The summed E-state index contributed by atoms with van der Waals surface area (Å²) in [6.45, 7) is 4.49. The fourth-order valence-electron chi connectivity index (χ4n) is 5.79. The van der Waals surface area contributed by atoms with Crippen LogP contribution in [0.4, 0.5) is 0 Å². The van der Waals surface area contributed by atoms with Gasteiger partial charge in [0.15, 0.2) is 12.1 Å². The summed E-state index contributed by atoms with van der Waals surface area (Å²) in [6.07, 6.45) is 49.1. The molecule has 0 aliphatic rings. The molecule has 1 N–H and O–H groups in total. The second-order valence-corrected chi connectivity index (χ2v) is 15.3. The van der Waals surface area contributed by atoms with Crippen LogP contribution in [-0.4, -0.2) is 80.6 Å². The summed E-state index contributed by atoms with van der Waals surface area (Å²) in [5.74, 6) is -1.54. The Bertz CT molecular complexity index is 1190. The van der Waals surface area contributed by atoms with E-state index in [9.17, 15) is 19.5 Å². The summed E-state index contributed by atoms with van der Waals surface area (Å²) in [7, 11) is 5.50. The topological polar surface area (TPSA) is 99.1 Å². The smallest absolute Gasteiger partial charge is 0.362 e. The SMILES string of the molecule is CC/C=C/C=C/C=C/C=C/C=C/CCCCCC(=O)OCC(COCCC(C(=O)O)[N+](C)(C)C)OC(=O)CCCCCCCCC/C=C/C/C=C/CCCCC. The first kappa shape index (κ1) is 52.5. The molecule has 0 spiro atoms. The van der Waals surface area contributed by atoms with E-state index in [0.29, 0.717) is 19.3 Å². The van der Waals surface area contributed by atoms with E-state index in [1.807, 2.05) is 69.8 Å². The molecule has 0 amide bonds. The Morgan fingerprint density at radius 1 is 0.571 bits per heavy atom. The standard InChI is InChI=1S/C48H79NO7/c1-6-8-10-12-14-16-18-20-22-23-25-27-29-31-33-35-37-39-47(51)56-44(42-54-41-40-45(48(52)53)49(3,4)5)43-55-46(50)38-36-34-32-30-28-26-24-21-19-17-15-13-11-9-7-2/h9,11,13-17,19-22,24,26,28,44-45H,6-8,10,12,18,23,25,27,29-43H2,1-5H3/p+1/b11-9+,15-13+,16-14+,19-17+,22-20+,24-21+,28-26+. The van der Waals surface area contributed by atoms with Gasteiger partial charge in [-0.2, -0.15) is 0 Å². The largest absolute Gasteiger partial charge is 0.477 e. The minimum Gasteiger partial charge on any atom is -0.477 e. The molecule has 318 valence electrons. The number of likely N-dealkylation sites (N-methyl/N-ethyl adjacent to an activating group) is 1. The van der Waals surface area contributed by atoms with Crippen LogP contribution in [-0.2, 0) is 28.6 Å². The molecule has 8 heteroatoms. The minimum absolute atomic E-state index is 0.0387. The lowest BCUT2D eigenvalue weighted by Crippen LogP contribution is -2.50. The number of hydrogen-bond acceptors (Lipinski definition) is 6. The zero-order valence-electron chi connectivity index (χ0n) is 36.1. The molecule has 0 radical (unpaired) electrons. The first-order valence-electron chi connectivity index (χ1n) is 21.7. The number of aliphatic carboxylic acids is 1. The van der Waals surface area contributed by atoms with Crippen molar-refractivity contribution in [2.75, 3.05) is 41.0 Å². The third kappa shape index (κ3) is 36.2. The van der Waals surface area contributed by atoms with Crippen molar-refractivity contribution in [2.45, 2.75) is 161 Å². The highest BCUT2D eigenvalue weighted by Crippen LogP contribution is 2.13. The zero-order valence-corrected chi connectivity index (χ0v) is 36.1. The quantitative estimate of drug-likeness (QED) is 0.0220. The molecule has 56 heavy (non-hydrogen) atoms. The molecule has 0 heterocycles. The maximum atomic E-state index is 12.7. The van der Waals surface area contributed by atoms with Gasteiger partial charge in [-0.25, -0.2) is 4.79 Å². The number of esters is 2. The van der Waals surface area contributed by atoms with E-state index in [4.69, 9.17) is 14.2 Å². The Balaban J connectivity index is 4.46. The van der Waals surface area contributed by atoms with Gasteiger partial charge in [0.05, 0.1) is 34.4 Å². The second-order valence-electron chi connectivity index (χ2n) is 15.3. The molecule has 0 rings (SSSR count). The van der Waals surface area contributed by atoms with E-state index >= 15 is 0 Å². The Morgan fingerprint density at radius 3 is 1.64 bits per heavy atom. The number of rotatable bonds is 37. The molecule has 0 aromatic heterocycles. The molecule has 0 aromatic carbocycles. The highest BCUT2D eigenvalue weighted by molar-refractivity contribution is 5.72. The second kappa shape index (κ2) is 38.4. The summed E-state index contributed by atoms with van der Waals surface area (Å²) in [4.78, 5) is 37.0. The van der Waals surface area contributed by atoms with Gasteiger partial charge in [0.2, 0.25) is 0 Å². The Kier molecular flexibility index (Phi) is 36.0.